The highest BCUT2D eigenvalue weighted by Gasteiger charge is 2.13. The van der Waals surface area contributed by atoms with Crippen LogP contribution in [-0.4, -0.2) is 30.2 Å². The molecule has 9 heteroatoms. The lowest BCUT2D eigenvalue weighted by Crippen LogP contribution is -2.32. The number of nitrogens with zero attached hydrogens (tertiary/aromatic N) is 1. The minimum absolute atomic E-state index is 0.0609. The van der Waals surface area contributed by atoms with Crippen LogP contribution >= 0.6 is 23.2 Å². The van der Waals surface area contributed by atoms with Gasteiger partial charge < -0.3 is 15.2 Å². The molecular formula is C16H13Cl2N3O4. The van der Waals surface area contributed by atoms with Gasteiger partial charge in [0.1, 0.15) is 0 Å². The second-order valence-corrected chi connectivity index (χ2v) is 5.56. The molecule has 25 heavy (non-hydrogen) atoms. The Bertz CT molecular complexity index is 840. The molecule has 0 fully saturated rings. The topological polar surface area (TPSA) is 100 Å². The highest BCUT2D eigenvalue weighted by atomic mass is 35.5. The molecule has 2 rings (SSSR count). The van der Waals surface area contributed by atoms with Crippen LogP contribution < -0.4 is 15.5 Å². The number of nitrogens with one attached hydrogen (secondary N) is 2. The van der Waals surface area contributed by atoms with Crippen molar-refractivity contribution in [2.24, 2.45) is 5.10 Å². The first-order valence-corrected chi connectivity index (χ1v) is 7.62. The van der Waals surface area contributed by atoms with Crippen molar-refractivity contribution < 1.29 is 19.4 Å². The third-order valence-electron chi connectivity index (χ3n) is 2.94. The number of hydrazone groups is 1. The van der Waals surface area contributed by atoms with Gasteiger partial charge in [-0.15, -0.1) is 0 Å². The lowest BCUT2D eigenvalue weighted by Gasteiger charge is -2.06. The van der Waals surface area contributed by atoms with Gasteiger partial charge in [-0.25, -0.2) is 5.43 Å². The number of phenolic OH excluding ortho intramolecular Hbond substituents is 1. The Kier molecular flexibility index (Phi) is 6.21. The van der Waals surface area contributed by atoms with Crippen molar-refractivity contribution in [1.82, 2.24) is 5.43 Å². The van der Waals surface area contributed by atoms with E-state index in [0.717, 1.165) is 0 Å². The van der Waals surface area contributed by atoms with E-state index in [2.05, 4.69) is 15.8 Å². The zero-order chi connectivity index (χ0) is 18.4. The maximum absolute atomic E-state index is 11.8. The summed E-state index contributed by atoms with van der Waals surface area (Å²) in [5, 5.41) is 16.2. The fraction of sp³-hybridized carbons (Fsp3) is 0.0625. The molecule has 0 spiro atoms. The lowest BCUT2D eigenvalue weighted by atomic mass is 10.2. The second kappa shape index (κ2) is 8.36. The summed E-state index contributed by atoms with van der Waals surface area (Å²) in [7, 11) is 1.37. The lowest BCUT2D eigenvalue weighted by molar-refractivity contribution is -0.136. The highest BCUT2D eigenvalue weighted by Crippen LogP contribution is 2.34. The molecule has 0 aliphatic heterocycles. The molecule has 0 aromatic heterocycles. The van der Waals surface area contributed by atoms with Gasteiger partial charge in [-0.05, 0) is 35.9 Å². The van der Waals surface area contributed by atoms with E-state index in [1.165, 1.54) is 31.5 Å². The van der Waals surface area contributed by atoms with Crippen LogP contribution in [0.3, 0.4) is 0 Å². The molecular weight excluding hydrogens is 369 g/mol. The number of methoxy groups -OCH3 is 1. The number of carbonyl (C=O) groups excluding carboxylic acids is 2. The SMILES string of the molecule is COc1cc(/C=N\NC(=O)C(=O)Nc2cccc(Cl)c2)cc(Cl)c1O. The van der Waals surface area contributed by atoms with E-state index in [0.29, 0.717) is 16.3 Å². The van der Waals surface area contributed by atoms with Crippen LogP contribution in [0.4, 0.5) is 5.69 Å². The number of halogens is 2. The number of anilines is 1. The van der Waals surface area contributed by atoms with E-state index in [1.807, 2.05) is 0 Å². The molecule has 7 nitrogen and oxygen atoms in total. The van der Waals surface area contributed by atoms with Crippen LogP contribution in [0.15, 0.2) is 41.5 Å². The number of benzene rings is 2. The first-order chi connectivity index (χ1) is 11.9. The Hall–Kier alpha value is -2.77. The molecule has 2 aromatic rings. The average Bonchev–Trinajstić information content (AvgIpc) is 2.57. The van der Waals surface area contributed by atoms with E-state index in [9.17, 15) is 14.7 Å². The van der Waals surface area contributed by atoms with Crippen LogP contribution in [0, 0.1) is 0 Å². The van der Waals surface area contributed by atoms with Crippen LogP contribution in [0.25, 0.3) is 0 Å². The molecule has 0 atom stereocenters. The number of ether oxygens (including phenoxy) is 1. The van der Waals surface area contributed by atoms with Crippen molar-refractivity contribution >= 4 is 46.9 Å². The Labute approximate surface area is 153 Å². The molecule has 0 saturated carbocycles. The van der Waals surface area contributed by atoms with Gasteiger partial charge in [-0.1, -0.05) is 29.3 Å². The van der Waals surface area contributed by atoms with Crippen molar-refractivity contribution in [2.75, 3.05) is 12.4 Å². The van der Waals surface area contributed by atoms with Crippen LogP contribution in [0.1, 0.15) is 5.56 Å². The van der Waals surface area contributed by atoms with E-state index >= 15 is 0 Å². The molecule has 0 radical (unpaired) electrons. The smallest absolute Gasteiger partial charge is 0.329 e. The van der Waals surface area contributed by atoms with Gasteiger partial charge in [0.2, 0.25) is 0 Å². The van der Waals surface area contributed by atoms with Gasteiger partial charge in [-0.2, -0.15) is 5.10 Å². The molecule has 0 heterocycles. The number of hydrogen-bond donors (Lipinski definition) is 3. The van der Waals surface area contributed by atoms with Crippen LogP contribution in [0.5, 0.6) is 11.5 Å². The number of hydrogen-bond acceptors (Lipinski definition) is 5. The summed E-state index contributed by atoms with van der Waals surface area (Å²) in [4.78, 5) is 23.5. The maximum atomic E-state index is 11.8. The zero-order valence-corrected chi connectivity index (χ0v) is 14.4. The summed E-state index contributed by atoms with van der Waals surface area (Å²) >= 11 is 11.6. The van der Waals surface area contributed by atoms with E-state index in [-0.39, 0.29) is 16.5 Å². The van der Waals surface area contributed by atoms with Gasteiger partial charge in [0.05, 0.1) is 18.3 Å². The molecule has 0 aliphatic carbocycles. The zero-order valence-electron chi connectivity index (χ0n) is 12.9. The number of amides is 2. The number of carbonyl (C=O) groups is 2. The largest absolute Gasteiger partial charge is 0.503 e. The number of phenols is 1. The Balaban J connectivity index is 1.98. The molecule has 0 unspecified atom stereocenters. The third kappa shape index (κ3) is 5.10. The fourth-order valence-electron chi connectivity index (χ4n) is 1.79. The number of aromatic hydroxyl groups is 1. The van der Waals surface area contributed by atoms with E-state index in [4.69, 9.17) is 27.9 Å². The Morgan fingerprint density at radius 3 is 2.64 bits per heavy atom. The molecule has 130 valence electrons. The normalized spacial score (nSPS) is 10.5. The van der Waals surface area contributed by atoms with Gasteiger partial charge >= 0.3 is 11.8 Å². The predicted molar refractivity (Wildman–Crippen MR) is 95.5 cm³/mol. The number of rotatable bonds is 4. The minimum Gasteiger partial charge on any atom is -0.503 e. The van der Waals surface area contributed by atoms with Crippen molar-refractivity contribution in [1.29, 1.82) is 0 Å². The monoisotopic (exact) mass is 381 g/mol. The van der Waals surface area contributed by atoms with Gasteiger partial charge in [-0.3, -0.25) is 9.59 Å². The first kappa shape index (κ1) is 18.6. The summed E-state index contributed by atoms with van der Waals surface area (Å²) in [6, 6.07) is 9.24. The summed E-state index contributed by atoms with van der Waals surface area (Å²) in [5.74, 6) is -1.92. The Morgan fingerprint density at radius 2 is 1.96 bits per heavy atom. The summed E-state index contributed by atoms with van der Waals surface area (Å²) in [6.45, 7) is 0. The maximum Gasteiger partial charge on any atom is 0.329 e. The minimum atomic E-state index is -0.965. The average molecular weight is 382 g/mol. The highest BCUT2D eigenvalue weighted by molar-refractivity contribution is 6.39. The molecule has 3 N–H and O–H groups in total. The molecule has 2 amide bonds. The molecule has 2 aromatic carbocycles. The van der Waals surface area contributed by atoms with Gasteiger partial charge in [0.25, 0.3) is 0 Å². The molecule has 0 aliphatic rings. The molecule has 0 bridgehead atoms. The third-order valence-corrected chi connectivity index (χ3v) is 3.46. The second-order valence-electron chi connectivity index (χ2n) is 4.72. The Morgan fingerprint density at radius 1 is 1.20 bits per heavy atom. The van der Waals surface area contributed by atoms with Gasteiger partial charge in [0, 0.05) is 10.7 Å². The van der Waals surface area contributed by atoms with Crippen LogP contribution in [0.2, 0.25) is 10.0 Å². The van der Waals surface area contributed by atoms with Crippen molar-refractivity contribution in [2.45, 2.75) is 0 Å². The summed E-state index contributed by atoms with van der Waals surface area (Å²) < 4.78 is 4.95. The van der Waals surface area contributed by atoms with E-state index < -0.39 is 11.8 Å². The standard InChI is InChI=1S/C16H13Cl2N3O4/c1-25-13-6-9(5-12(18)14(13)22)8-19-21-16(24)15(23)20-11-4-2-3-10(17)7-11/h2-8,22H,1H3,(H,20,23)(H,21,24)/b19-8-. The predicted octanol–water partition coefficient (Wildman–Crippen LogP) is 2.80. The van der Waals surface area contributed by atoms with E-state index in [1.54, 1.807) is 18.2 Å². The van der Waals surface area contributed by atoms with Crippen molar-refractivity contribution in [3.05, 3.63) is 52.0 Å². The fourth-order valence-corrected chi connectivity index (χ4v) is 2.20. The molecule has 0 saturated heterocycles. The van der Waals surface area contributed by atoms with Crippen molar-refractivity contribution in [3.63, 3.8) is 0 Å². The van der Waals surface area contributed by atoms with Gasteiger partial charge in [0.15, 0.2) is 11.5 Å². The summed E-state index contributed by atoms with van der Waals surface area (Å²) in [5.41, 5.74) is 2.91. The van der Waals surface area contributed by atoms with Crippen LogP contribution in [-0.2, 0) is 9.59 Å². The quantitative estimate of drug-likeness (QED) is 0.430. The summed E-state index contributed by atoms with van der Waals surface area (Å²) in [6.07, 6.45) is 1.25. The van der Waals surface area contributed by atoms with Crippen molar-refractivity contribution in [3.8, 4) is 11.5 Å². The first-order valence-electron chi connectivity index (χ1n) is 6.87.